The fourth-order valence-corrected chi connectivity index (χ4v) is 4.25. The standard InChI is InChI=1S/C20H23N3O2S/c1-11(2)19-21-22-20(23(19)15-6-7-15)26-10-14-9-17(24)25-18-13(4)12(3)5-8-16(14)18/h5,8-9,11,15H,6-7,10H2,1-4H3. The van der Waals surface area contributed by atoms with Gasteiger partial charge in [0.1, 0.15) is 11.4 Å². The minimum Gasteiger partial charge on any atom is -0.422 e. The predicted octanol–water partition coefficient (Wildman–Crippen LogP) is 4.75. The zero-order valence-electron chi connectivity index (χ0n) is 15.6. The molecule has 0 saturated heterocycles. The monoisotopic (exact) mass is 369 g/mol. The van der Waals surface area contributed by atoms with Crippen molar-refractivity contribution in [3.63, 3.8) is 0 Å². The molecule has 5 nitrogen and oxygen atoms in total. The average Bonchev–Trinajstić information content (AvgIpc) is 3.35. The molecule has 136 valence electrons. The highest BCUT2D eigenvalue weighted by Crippen LogP contribution is 2.40. The van der Waals surface area contributed by atoms with Gasteiger partial charge in [-0.15, -0.1) is 10.2 Å². The minimum absolute atomic E-state index is 0.298. The van der Waals surface area contributed by atoms with Gasteiger partial charge in [0.25, 0.3) is 0 Å². The molecule has 1 aliphatic carbocycles. The lowest BCUT2D eigenvalue weighted by atomic mass is 10.0. The average molecular weight is 369 g/mol. The van der Waals surface area contributed by atoms with Crippen LogP contribution in [-0.4, -0.2) is 14.8 Å². The van der Waals surface area contributed by atoms with E-state index in [0.717, 1.165) is 33.1 Å². The van der Waals surface area contributed by atoms with Crippen LogP contribution in [-0.2, 0) is 5.75 Å². The molecule has 6 heteroatoms. The molecular formula is C20H23N3O2S. The zero-order valence-corrected chi connectivity index (χ0v) is 16.4. The lowest BCUT2D eigenvalue weighted by Crippen LogP contribution is -2.05. The lowest BCUT2D eigenvalue weighted by molar-refractivity contribution is 0.557. The van der Waals surface area contributed by atoms with Crippen LogP contribution in [0, 0.1) is 13.8 Å². The molecule has 1 aromatic carbocycles. The van der Waals surface area contributed by atoms with Crippen LogP contribution in [0.5, 0.6) is 0 Å². The summed E-state index contributed by atoms with van der Waals surface area (Å²) in [5, 5.41) is 10.8. The molecule has 0 spiro atoms. The van der Waals surface area contributed by atoms with Crippen molar-refractivity contribution in [2.45, 2.75) is 63.4 Å². The van der Waals surface area contributed by atoms with E-state index in [1.54, 1.807) is 17.8 Å². The van der Waals surface area contributed by atoms with Gasteiger partial charge in [-0.25, -0.2) is 4.79 Å². The van der Waals surface area contributed by atoms with E-state index >= 15 is 0 Å². The quantitative estimate of drug-likeness (QED) is 0.480. The Labute approximate surface area is 156 Å². The molecule has 1 saturated carbocycles. The summed E-state index contributed by atoms with van der Waals surface area (Å²) in [4.78, 5) is 12.0. The van der Waals surface area contributed by atoms with Crippen molar-refractivity contribution in [2.24, 2.45) is 0 Å². The SMILES string of the molecule is Cc1ccc2c(CSc3nnc(C(C)C)n3C3CC3)cc(=O)oc2c1C. The second-order valence-electron chi connectivity index (χ2n) is 7.36. The van der Waals surface area contributed by atoms with E-state index in [-0.39, 0.29) is 5.63 Å². The van der Waals surface area contributed by atoms with E-state index in [4.69, 9.17) is 4.42 Å². The van der Waals surface area contributed by atoms with E-state index in [2.05, 4.69) is 34.7 Å². The fraction of sp³-hybridized carbons (Fsp3) is 0.450. The number of hydrogen-bond acceptors (Lipinski definition) is 5. The first-order valence-corrected chi connectivity index (χ1v) is 10.0. The van der Waals surface area contributed by atoms with Gasteiger partial charge in [0.15, 0.2) is 5.16 Å². The topological polar surface area (TPSA) is 60.9 Å². The second-order valence-corrected chi connectivity index (χ2v) is 8.30. The third-order valence-corrected chi connectivity index (χ3v) is 5.99. The van der Waals surface area contributed by atoms with Crippen LogP contribution in [0.3, 0.4) is 0 Å². The summed E-state index contributed by atoms with van der Waals surface area (Å²) < 4.78 is 7.77. The van der Waals surface area contributed by atoms with Crippen molar-refractivity contribution in [2.75, 3.05) is 0 Å². The molecule has 2 heterocycles. The highest BCUT2D eigenvalue weighted by atomic mass is 32.2. The first-order chi connectivity index (χ1) is 12.5. The summed E-state index contributed by atoms with van der Waals surface area (Å²) in [5.41, 5.74) is 3.53. The summed E-state index contributed by atoms with van der Waals surface area (Å²) in [7, 11) is 0. The number of fused-ring (bicyclic) bond motifs is 1. The minimum atomic E-state index is -0.298. The Balaban J connectivity index is 1.69. The maximum absolute atomic E-state index is 12.0. The molecule has 0 N–H and O–H groups in total. The molecule has 2 aromatic heterocycles. The largest absolute Gasteiger partial charge is 0.422 e. The van der Waals surface area contributed by atoms with Crippen molar-refractivity contribution in [3.8, 4) is 0 Å². The highest BCUT2D eigenvalue weighted by Gasteiger charge is 2.30. The molecule has 0 bridgehead atoms. The molecule has 0 unspecified atom stereocenters. The number of hydrogen-bond donors (Lipinski definition) is 0. The first kappa shape index (κ1) is 17.3. The molecule has 1 aliphatic rings. The van der Waals surface area contributed by atoms with Gasteiger partial charge in [0.05, 0.1) is 0 Å². The van der Waals surface area contributed by atoms with Crippen LogP contribution in [0.1, 0.15) is 61.2 Å². The Bertz CT molecular complexity index is 1030. The van der Waals surface area contributed by atoms with E-state index in [1.165, 1.54) is 12.8 Å². The molecule has 3 aromatic rings. The first-order valence-electron chi connectivity index (χ1n) is 9.06. The zero-order chi connectivity index (χ0) is 18.4. The molecule has 0 aliphatic heterocycles. The van der Waals surface area contributed by atoms with Crippen molar-refractivity contribution >= 4 is 22.7 Å². The number of nitrogens with zero attached hydrogens (tertiary/aromatic N) is 3. The van der Waals surface area contributed by atoms with Crippen molar-refractivity contribution < 1.29 is 4.42 Å². The van der Waals surface area contributed by atoms with Gasteiger partial charge in [-0.3, -0.25) is 0 Å². The summed E-state index contributed by atoms with van der Waals surface area (Å²) in [6, 6.07) is 6.26. The summed E-state index contributed by atoms with van der Waals surface area (Å²) >= 11 is 1.65. The van der Waals surface area contributed by atoms with Crippen LogP contribution in [0.4, 0.5) is 0 Å². The van der Waals surface area contributed by atoms with Gasteiger partial charge in [0, 0.05) is 29.2 Å². The fourth-order valence-electron chi connectivity index (χ4n) is 3.24. The van der Waals surface area contributed by atoms with Crippen LogP contribution in [0.25, 0.3) is 11.0 Å². The van der Waals surface area contributed by atoms with Gasteiger partial charge >= 0.3 is 5.63 Å². The number of thioether (sulfide) groups is 1. The van der Waals surface area contributed by atoms with E-state index in [9.17, 15) is 4.79 Å². The van der Waals surface area contributed by atoms with Crippen LogP contribution >= 0.6 is 11.8 Å². The number of rotatable bonds is 5. The third kappa shape index (κ3) is 3.07. The molecule has 0 atom stereocenters. The van der Waals surface area contributed by atoms with Gasteiger partial charge < -0.3 is 8.98 Å². The van der Waals surface area contributed by atoms with Gasteiger partial charge in [-0.1, -0.05) is 37.7 Å². The van der Waals surface area contributed by atoms with Crippen LogP contribution in [0.15, 0.2) is 32.6 Å². The lowest BCUT2D eigenvalue weighted by Gasteiger charge is -2.11. The Morgan fingerprint density at radius 3 is 2.73 bits per heavy atom. The van der Waals surface area contributed by atoms with Gasteiger partial charge in [0.2, 0.25) is 0 Å². The predicted molar refractivity (Wildman–Crippen MR) is 104 cm³/mol. The third-order valence-electron chi connectivity index (χ3n) is 4.99. The summed E-state index contributed by atoms with van der Waals surface area (Å²) in [5.74, 6) is 2.08. The van der Waals surface area contributed by atoms with E-state index < -0.39 is 0 Å². The number of benzene rings is 1. The molecule has 0 amide bonds. The van der Waals surface area contributed by atoms with Gasteiger partial charge in [-0.05, 0) is 43.4 Å². The second kappa shape index (κ2) is 6.58. The number of aryl methyl sites for hydroxylation is 2. The van der Waals surface area contributed by atoms with Gasteiger partial charge in [-0.2, -0.15) is 0 Å². The summed E-state index contributed by atoms with van der Waals surface area (Å²) in [6.07, 6.45) is 2.39. The Morgan fingerprint density at radius 1 is 1.27 bits per heavy atom. The normalized spacial score (nSPS) is 14.5. The Kier molecular flexibility index (Phi) is 4.39. The Morgan fingerprint density at radius 2 is 2.04 bits per heavy atom. The number of aromatic nitrogens is 3. The van der Waals surface area contributed by atoms with Crippen molar-refractivity contribution in [1.82, 2.24) is 14.8 Å². The highest BCUT2D eigenvalue weighted by molar-refractivity contribution is 7.98. The van der Waals surface area contributed by atoms with Crippen LogP contribution in [0.2, 0.25) is 0 Å². The maximum atomic E-state index is 12.0. The van der Waals surface area contributed by atoms with Crippen molar-refractivity contribution in [1.29, 1.82) is 0 Å². The Hall–Kier alpha value is -2.08. The molecule has 26 heavy (non-hydrogen) atoms. The molecule has 4 rings (SSSR count). The van der Waals surface area contributed by atoms with Crippen molar-refractivity contribution in [3.05, 3.63) is 51.1 Å². The maximum Gasteiger partial charge on any atom is 0.336 e. The van der Waals surface area contributed by atoms with E-state index in [1.807, 2.05) is 19.9 Å². The van der Waals surface area contributed by atoms with Crippen LogP contribution < -0.4 is 5.63 Å². The van der Waals surface area contributed by atoms with E-state index in [0.29, 0.717) is 23.3 Å². The molecule has 1 fully saturated rings. The molecular weight excluding hydrogens is 346 g/mol. The molecule has 0 radical (unpaired) electrons. The smallest absolute Gasteiger partial charge is 0.336 e. The summed E-state index contributed by atoms with van der Waals surface area (Å²) in [6.45, 7) is 8.33.